The highest BCUT2D eigenvalue weighted by Gasteiger charge is 2.32. The van der Waals surface area contributed by atoms with Crippen molar-refractivity contribution in [2.45, 2.75) is 57.0 Å². The molecule has 34 heavy (non-hydrogen) atoms. The van der Waals surface area contributed by atoms with Crippen molar-refractivity contribution in [3.05, 3.63) is 46.1 Å². The monoisotopic (exact) mass is 491 g/mol. The number of aryl methyl sites for hydroxylation is 1. The van der Waals surface area contributed by atoms with Crippen LogP contribution in [0.25, 0.3) is 15.9 Å². The molecule has 3 heterocycles. The smallest absolute Gasteiger partial charge is 0.234 e. The van der Waals surface area contributed by atoms with Gasteiger partial charge in [0.1, 0.15) is 10.7 Å². The Balaban J connectivity index is 1.28. The van der Waals surface area contributed by atoms with Crippen LogP contribution in [0.2, 0.25) is 0 Å². The predicted octanol–water partition coefficient (Wildman–Crippen LogP) is 5.27. The summed E-state index contributed by atoms with van der Waals surface area (Å²) in [6.07, 6.45) is 5.64. The molecule has 174 valence electrons. The van der Waals surface area contributed by atoms with Gasteiger partial charge in [0.05, 0.1) is 11.1 Å². The van der Waals surface area contributed by atoms with Gasteiger partial charge in [-0.15, -0.1) is 21.5 Å². The van der Waals surface area contributed by atoms with E-state index in [4.69, 9.17) is 4.98 Å². The van der Waals surface area contributed by atoms with Crippen LogP contribution in [0, 0.1) is 5.92 Å². The Kier molecular flexibility index (Phi) is 5.41. The van der Waals surface area contributed by atoms with Crippen LogP contribution in [0.15, 0.2) is 29.4 Å². The largest absolute Gasteiger partial charge is 0.325 e. The minimum absolute atomic E-state index is 0.00250. The molecular weight excluding hydrogens is 466 g/mol. The lowest BCUT2D eigenvalue weighted by Crippen LogP contribution is -2.14. The number of nitrogens with one attached hydrogen (secondary N) is 1. The van der Waals surface area contributed by atoms with Gasteiger partial charge in [0.2, 0.25) is 5.91 Å². The number of ketones is 1. The van der Waals surface area contributed by atoms with Crippen molar-refractivity contribution < 1.29 is 9.59 Å². The second kappa shape index (κ2) is 8.46. The van der Waals surface area contributed by atoms with Gasteiger partial charge in [-0.1, -0.05) is 18.7 Å². The SMILES string of the molecule is CC(=O)c1ccc(NC(=O)CSc2nnc3c4c5c(sc4nc(C4CC4)n23)C[C@@H](C)CC5)cc1. The van der Waals surface area contributed by atoms with Crippen LogP contribution >= 0.6 is 23.1 Å². The zero-order valence-corrected chi connectivity index (χ0v) is 20.8. The van der Waals surface area contributed by atoms with Crippen molar-refractivity contribution in [3.8, 4) is 0 Å². The van der Waals surface area contributed by atoms with Crippen molar-refractivity contribution in [1.29, 1.82) is 0 Å². The van der Waals surface area contributed by atoms with E-state index in [1.54, 1.807) is 24.3 Å². The van der Waals surface area contributed by atoms with E-state index >= 15 is 0 Å². The number of hydrogen-bond donors (Lipinski definition) is 1. The topological polar surface area (TPSA) is 89.2 Å². The molecule has 0 unspecified atom stereocenters. The summed E-state index contributed by atoms with van der Waals surface area (Å²) >= 11 is 3.21. The lowest BCUT2D eigenvalue weighted by Gasteiger charge is -2.17. The number of Topliss-reactive ketones (excluding diaryl/α,β-unsaturated/α-hetero) is 1. The van der Waals surface area contributed by atoms with E-state index in [9.17, 15) is 9.59 Å². The van der Waals surface area contributed by atoms with Crippen LogP contribution in [-0.2, 0) is 17.6 Å². The van der Waals surface area contributed by atoms with Crippen LogP contribution in [0.1, 0.15) is 65.7 Å². The molecule has 2 aliphatic rings. The van der Waals surface area contributed by atoms with Crippen LogP contribution in [0.3, 0.4) is 0 Å². The number of thioether (sulfide) groups is 1. The Hall–Kier alpha value is -2.78. The average molecular weight is 492 g/mol. The number of benzene rings is 1. The first-order valence-electron chi connectivity index (χ1n) is 11.7. The summed E-state index contributed by atoms with van der Waals surface area (Å²) in [5.74, 6) is 2.27. The third-order valence-electron chi connectivity index (χ3n) is 6.65. The van der Waals surface area contributed by atoms with E-state index in [1.807, 2.05) is 11.3 Å². The van der Waals surface area contributed by atoms with E-state index in [-0.39, 0.29) is 17.4 Å². The summed E-state index contributed by atoms with van der Waals surface area (Å²) in [4.78, 5) is 31.7. The first kappa shape index (κ1) is 21.7. The number of hydrogen-bond acceptors (Lipinski definition) is 7. The van der Waals surface area contributed by atoms with Crippen molar-refractivity contribution in [2.24, 2.45) is 5.92 Å². The number of rotatable bonds is 6. The highest BCUT2D eigenvalue weighted by molar-refractivity contribution is 7.99. The number of amides is 1. The summed E-state index contributed by atoms with van der Waals surface area (Å²) in [5.41, 5.74) is 3.58. The van der Waals surface area contributed by atoms with Gasteiger partial charge in [-0.3, -0.25) is 14.0 Å². The maximum absolute atomic E-state index is 12.6. The van der Waals surface area contributed by atoms with E-state index < -0.39 is 0 Å². The Morgan fingerprint density at radius 1 is 1.18 bits per heavy atom. The number of aromatic nitrogens is 4. The van der Waals surface area contributed by atoms with Gasteiger partial charge in [0.15, 0.2) is 16.6 Å². The Morgan fingerprint density at radius 2 is 1.97 bits per heavy atom. The zero-order valence-electron chi connectivity index (χ0n) is 19.1. The number of carbonyl (C=O) groups is 2. The Bertz CT molecular complexity index is 1440. The molecule has 9 heteroatoms. The highest BCUT2D eigenvalue weighted by Crippen LogP contribution is 2.44. The summed E-state index contributed by atoms with van der Waals surface area (Å²) in [6.45, 7) is 3.85. The predicted molar refractivity (Wildman–Crippen MR) is 135 cm³/mol. The molecule has 0 bridgehead atoms. The third-order valence-corrected chi connectivity index (χ3v) is 8.72. The fraction of sp³-hybridized carbons (Fsp3) is 0.400. The molecule has 1 aromatic carbocycles. The van der Waals surface area contributed by atoms with Gasteiger partial charge in [-0.25, -0.2) is 4.98 Å². The second-order valence-electron chi connectivity index (χ2n) is 9.39. The molecule has 0 aliphatic heterocycles. The summed E-state index contributed by atoms with van der Waals surface area (Å²) < 4.78 is 2.10. The molecule has 0 radical (unpaired) electrons. The molecule has 1 amide bonds. The third kappa shape index (κ3) is 3.90. The first-order valence-corrected chi connectivity index (χ1v) is 13.5. The van der Waals surface area contributed by atoms with Crippen molar-refractivity contribution in [1.82, 2.24) is 19.6 Å². The molecular formula is C25H25N5O2S2. The molecule has 1 saturated carbocycles. The molecule has 3 aromatic heterocycles. The summed E-state index contributed by atoms with van der Waals surface area (Å²) in [6, 6.07) is 6.94. The van der Waals surface area contributed by atoms with Crippen molar-refractivity contribution in [2.75, 3.05) is 11.1 Å². The summed E-state index contributed by atoms with van der Waals surface area (Å²) in [7, 11) is 0. The Labute approximate surface area is 205 Å². The molecule has 1 N–H and O–H groups in total. The lowest BCUT2D eigenvalue weighted by molar-refractivity contribution is -0.113. The van der Waals surface area contributed by atoms with Gasteiger partial charge < -0.3 is 5.32 Å². The minimum Gasteiger partial charge on any atom is -0.325 e. The normalized spacial score (nSPS) is 17.8. The zero-order chi connectivity index (χ0) is 23.4. The molecule has 2 aliphatic carbocycles. The van der Waals surface area contributed by atoms with Crippen LogP contribution in [0.5, 0.6) is 0 Å². The molecule has 6 rings (SSSR count). The van der Waals surface area contributed by atoms with Crippen LogP contribution < -0.4 is 5.32 Å². The van der Waals surface area contributed by atoms with Gasteiger partial charge in [-0.2, -0.15) is 0 Å². The molecule has 0 spiro atoms. The highest BCUT2D eigenvalue weighted by atomic mass is 32.2. The fourth-order valence-corrected chi connectivity index (χ4v) is 6.79. The molecule has 1 atom stereocenters. The number of carbonyl (C=O) groups excluding carboxylic acids is 2. The minimum atomic E-state index is -0.124. The first-order chi connectivity index (χ1) is 16.5. The summed E-state index contributed by atoms with van der Waals surface area (Å²) in [5, 5.41) is 13.9. The second-order valence-corrected chi connectivity index (χ2v) is 11.4. The van der Waals surface area contributed by atoms with Crippen molar-refractivity contribution in [3.63, 3.8) is 0 Å². The molecule has 7 nitrogen and oxygen atoms in total. The van der Waals surface area contributed by atoms with Gasteiger partial charge in [0.25, 0.3) is 0 Å². The average Bonchev–Trinajstić information content (AvgIpc) is 3.47. The quantitative estimate of drug-likeness (QED) is 0.292. The number of thiophene rings is 1. The molecule has 4 aromatic rings. The maximum atomic E-state index is 12.6. The number of nitrogens with zero attached hydrogens (tertiary/aromatic N) is 4. The van der Waals surface area contributed by atoms with Gasteiger partial charge in [-0.05, 0) is 74.8 Å². The standard InChI is InChI=1S/C25H25N5O2S2/c1-13-3-10-18-19(11-13)34-24-21(18)23-28-29-25(30(23)22(27-24)16-4-5-16)33-12-20(32)26-17-8-6-15(7-9-17)14(2)31/h6-9,13,16H,3-5,10-12H2,1-2H3,(H,26,32)/t13-/m0/s1. The van der Waals surface area contributed by atoms with Gasteiger partial charge >= 0.3 is 0 Å². The Morgan fingerprint density at radius 3 is 2.71 bits per heavy atom. The van der Waals surface area contributed by atoms with E-state index in [0.29, 0.717) is 23.1 Å². The fourth-order valence-electron chi connectivity index (χ4n) is 4.66. The lowest BCUT2D eigenvalue weighted by atomic mass is 9.89. The van der Waals surface area contributed by atoms with Crippen LogP contribution in [0.4, 0.5) is 5.69 Å². The molecule has 1 fully saturated rings. The van der Waals surface area contributed by atoms with E-state index in [1.165, 1.54) is 35.5 Å². The number of fused-ring (bicyclic) bond motifs is 5. The van der Waals surface area contributed by atoms with Gasteiger partial charge in [0, 0.05) is 22.0 Å². The van der Waals surface area contributed by atoms with E-state index in [0.717, 1.165) is 52.5 Å². The molecule has 0 saturated heterocycles. The number of anilines is 1. The maximum Gasteiger partial charge on any atom is 0.234 e. The van der Waals surface area contributed by atoms with Crippen molar-refractivity contribution >= 4 is 56.3 Å². The van der Waals surface area contributed by atoms with E-state index in [2.05, 4.69) is 26.8 Å². The van der Waals surface area contributed by atoms with Crippen LogP contribution in [-0.4, -0.2) is 37.0 Å².